The molecule has 0 amide bonds. The van der Waals surface area contributed by atoms with Gasteiger partial charge in [0.25, 0.3) is 0 Å². The van der Waals surface area contributed by atoms with E-state index in [9.17, 15) is 9.59 Å². The van der Waals surface area contributed by atoms with Gasteiger partial charge in [0.1, 0.15) is 0 Å². The summed E-state index contributed by atoms with van der Waals surface area (Å²) in [5.41, 5.74) is 0.0737. The van der Waals surface area contributed by atoms with Crippen LogP contribution in [-0.4, -0.2) is 39.4 Å². The van der Waals surface area contributed by atoms with E-state index in [2.05, 4.69) is 6.08 Å². The second kappa shape index (κ2) is 10.2. The fourth-order valence-electron chi connectivity index (χ4n) is 4.00. The number of allylic oxidation sites excluding steroid dienone is 2. The van der Waals surface area contributed by atoms with Gasteiger partial charge in [0.2, 0.25) is 0 Å². The Bertz CT molecular complexity index is 711. The van der Waals surface area contributed by atoms with Crippen molar-refractivity contribution in [1.82, 2.24) is 0 Å². The van der Waals surface area contributed by atoms with E-state index < -0.39 is 5.41 Å². The average molecular weight is 390 g/mol. The van der Waals surface area contributed by atoms with Crippen LogP contribution in [0.3, 0.4) is 0 Å². The fraction of sp³-hybridized carbons (Fsp3) is 0.545. The van der Waals surface area contributed by atoms with Crippen LogP contribution < -0.4 is 9.47 Å². The van der Waals surface area contributed by atoms with Crippen LogP contribution in [0.25, 0.3) is 0 Å². The number of carbonyl (C=O) groups is 2. The van der Waals surface area contributed by atoms with Crippen molar-refractivity contribution in [3.05, 3.63) is 35.9 Å². The van der Waals surface area contributed by atoms with Crippen molar-refractivity contribution in [3.8, 4) is 11.5 Å². The number of hydrogen-bond acceptors (Lipinski definition) is 6. The summed E-state index contributed by atoms with van der Waals surface area (Å²) >= 11 is 0. The molecule has 154 valence electrons. The minimum absolute atomic E-state index is 0.116. The Hall–Kier alpha value is -2.50. The SMILES string of the molecule is CCOC(=O)C[C@@H]1CCC=C[C@]1(CC(=O)OCC)c1cccc(OC)c1OC. The summed E-state index contributed by atoms with van der Waals surface area (Å²) in [6.45, 7) is 4.20. The number of rotatable bonds is 9. The maximum atomic E-state index is 12.6. The standard InChI is InChI=1S/C22H30O6/c1-5-27-19(23)14-16-10-7-8-13-22(16,15-20(24)28-6-2)17-11-9-12-18(25-3)21(17)26-4/h8-9,11-13,16H,5-7,10,14-15H2,1-4H3/t16-,22+/m0/s1. The van der Waals surface area contributed by atoms with Gasteiger partial charge in [-0.25, -0.2) is 0 Å². The van der Waals surface area contributed by atoms with Gasteiger partial charge in [0.05, 0.1) is 33.9 Å². The molecule has 0 radical (unpaired) electrons. The summed E-state index contributed by atoms with van der Waals surface area (Å²) in [5.74, 6) is 0.444. The number of hydrogen-bond donors (Lipinski definition) is 0. The molecule has 0 spiro atoms. The molecule has 0 aromatic heterocycles. The zero-order valence-electron chi connectivity index (χ0n) is 17.2. The lowest BCUT2D eigenvalue weighted by molar-refractivity contribution is -0.148. The fourth-order valence-corrected chi connectivity index (χ4v) is 4.00. The maximum Gasteiger partial charge on any atom is 0.307 e. The van der Waals surface area contributed by atoms with E-state index >= 15 is 0 Å². The molecule has 1 aliphatic rings. The van der Waals surface area contributed by atoms with Crippen molar-refractivity contribution >= 4 is 11.9 Å². The monoisotopic (exact) mass is 390 g/mol. The summed E-state index contributed by atoms with van der Waals surface area (Å²) in [5, 5.41) is 0. The van der Waals surface area contributed by atoms with Crippen LogP contribution in [0.1, 0.15) is 45.1 Å². The Balaban J connectivity index is 2.59. The number of esters is 2. The molecule has 0 saturated carbocycles. The van der Waals surface area contributed by atoms with Gasteiger partial charge in [0, 0.05) is 17.4 Å². The normalized spacial score (nSPS) is 21.1. The Labute approximate surface area is 166 Å². The molecular weight excluding hydrogens is 360 g/mol. The van der Waals surface area contributed by atoms with Crippen molar-refractivity contribution in [2.75, 3.05) is 27.4 Å². The predicted molar refractivity (Wildman–Crippen MR) is 106 cm³/mol. The van der Waals surface area contributed by atoms with E-state index in [0.29, 0.717) is 24.7 Å². The van der Waals surface area contributed by atoms with Crippen LogP contribution in [0.4, 0.5) is 0 Å². The van der Waals surface area contributed by atoms with Gasteiger partial charge in [-0.05, 0) is 38.7 Å². The van der Waals surface area contributed by atoms with Crippen LogP contribution >= 0.6 is 0 Å². The summed E-state index contributed by atoms with van der Waals surface area (Å²) in [6.07, 6.45) is 6.01. The van der Waals surface area contributed by atoms with Crippen molar-refractivity contribution in [2.24, 2.45) is 5.92 Å². The first-order valence-electron chi connectivity index (χ1n) is 9.72. The Morgan fingerprint density at radius 3 is 2.43 bits per heavy atom. The van der Waals surface area contributed by atoms with Gasteiger partial charge >= 0.3 is 11.9 Å². The highest BCUT2D eigenvalue weighted by atomic mass is 16.5. The van der Waals surface area contributed by atoms with Crippen LogP contribution in [-0.2, 0) is 24.5 Å². The molecule has 6 heteroatoms. The molecule has 1 aliphatic carbocycles. The topological polar surface area (TPSA) is 71.1 Å². The molecule has 2 rings (SSSR count). The molecule has 0 N–H and O–H groups in total. The van der Waals surface area contributed by atoms with Gasteiger partial charge < -0.3 is 18.9 Å². The maximum absolute atomic E-state index is 12.6. The molecule has 28 heavy (non-hydrogen) atoms. The highest BCUT2D eigenvalue weighted by Crippen LogP contribution is 2.50. The summed E-state index contributed by atoms with van der Waals surface area (Å²) in [6, 6.07) is 5.61. The molecule has 0 bridgehead atoms. The lowest BCUT2D eigenvalue weighted by Crippen LogP contribution is -2.40. The second-order valence-electron chi connectivity index (χ2n) is 6.75. The summed E-state index contributed by atoms with van der Waals surface area (Å²) in [4.78, 5) is 24.9. The zero-order chi connectivity index (χ0) is 20.6. The van der Waals surface area contributed by atoms with Crippen LogP contribution in [0.15, 0.2) is 30.4 Å². The van der Waals surface area contributed by atoms with Crippen molar-refractivity contribution in [2.45, 2.75) is 44.9 Å². The van der Waals surface area contributed by atoms with Gasteiger partial charge in [-0.3, -0.25) is 9.59 Å². The summed E-state index contributed by atoms with van der Waals surface area (Å²) < 4.78 is 21.6. The molecule has 0 aliphatic heterocycles. The lowest BCUT2D eigenvalue weighted by atomic mass is 9.62. The highest BCUT2D eigenvalue weighted by molar-refractivity contribution is 5.75. The Kier molecular flexibility index (Phi) is 7.91. The highest BCUT2D eigenvalue weighted by Gasteiger charge is 2.45. The minimum atomic E-state index is -0.739. The van der Waals surface area contributed by atoms with E-state index in [4.69, 9.17) is 18.9 Å². The first kappa shape index (κ1) is 21.8. The van der Waals surface area contributed by atoms with E-state index in [1.807, 2.05) is 24.3 Å². The van der Waals surface area contributed by atoms with Gasteiger partial charge in [-0.15, -0.1) is 0 Å². The molecule has 0 saturated heterocycles. The molecule has 1 aromatic rings. The first-order chi connectivity index (χ1) is 13.5. The number of ether oxygens (including phenoxy) is 4. The van der Waals surface area contributed by atoms with Crippen molar-refractivity contribution in [1.29, 1.82) is 0 Å². The first-order valence-corrected chi connectivity index (χ1v) is 9.72. The second-order valence-corrected chi connectivity index (χ2v) is 6.75. The Morgan fingerprint density at radius 1 is 1.07 bits per heavy atom. The van der Waals surface area contributed by atoms with Crippen molar-refractivity contribution < 1.29 is 28.5 Å². The quantitative estimate of drug-likeness (QED) is 0.472. The summed E-state index contributed by atoms with van der Waals surface area (Å²) in [7, 11) is 3.15. The largest absolute Gasteiger partial charge is 0.493 e. The number of methoxy groups -OCH3 is 2. The predicted octanol–water partition coefficient (Wildman–Crippen LogP) is 3.81. The molecule has 0 fully saturated rings. The third kappa shape index (κ3) is 4.66. The number of carbonyl (C=O) groups excluding carboxylic acids is 2. The number of para-hydroxylation sites is 1. The third-order valence-corrected chi connectivity index (χ3v) is 5.19. The van der Waals surface area contributed by atoms with Crippen LogP contribution in [0.5, 0.6) is 11.5 Å². The van der Waals surface area contributed by atoms with E-state index in [-0.39, 0.29) is 30.7 Å². The van der Waals surface area contributed by atoms with Gasteiger partial charge in [-0.2, -0.15) is 0 Å². The molecule has 0 unspecified atom stereocenters. The molecule has 2 atom stereocenters. The lowest BCUT2D eigenvalue weighted by Gasteiger charge is -2.41. The zero-order valence-corrected chi connectivity index (χ0v) is 17.2. The van der Waals surface area contributed by atoms with E-state index in [1.54, 1.807) is 28.1 Å². The van der Waals surface area contributed by atoms with E-state index in [1.165, 1.54) is 0 Å². The van der Waals surface area contributed by atoms with Crippen LogP contribution in [0.2, 0.25) is 0 Å². The van der Waals surface area contributed by atoms with Gasteiger partial charge in [-0.1, -0.05) is 24.3 Å². The van der Waals surface area contributed by atoms with Gasteiger partial charge in [0.15, 0.2) is 11.5 Å². The number of benzene rings is 1. The third-order valence-electron chi connectivity index (χ3n) is 5.19. The minimum Gasteiger partial charge on any atom is -0.493 e. The molecule has 6 nitrogen and oxygen atoms in total. The smallest absolute Gasteiger partial charge is 0.307 e. The molecular formula is C22H30O6. The molecule has 0 heterocycles. The molecule has 1 aromatic carbocycles. The average Bonchev–Trinajstić information content (AvgIpc) is 2.69. The van der Waals surface area contributed by atoms with E-state index in [0.717, 1.165) is 18.4 Å². The van der Waals surface area contributed by atoms with Crippen LogP contribution in [0, 0.1) is 5.92 Å². The van der Waals surface area contributed by atoms with Crippen molar-refractivity contribution in [3.63, 3.8) is 0 Å². The Morgan fingerprint density at radius 2 is 1.79 bits per heavy atom.